The summed E-state index contributed by atoms with van der Waals surface area (Å²) >= 11 is 4.24. The third kappa shape index (κ3) is 6.58. The van der Waals surface area contributed by atoms with Gasteiger partial charge in [-0.1, -0.05) is 0 Å². The van der Waals surface area contributed by atoms with E-state index in [-0.39, 0.29) is 11.5 Å². The van der Waals surface area contributed by atoms with E-state index >= 15 is 0 Å². The predicted octanol–water partition coefficient (Wildman–Crippen LogP) is 2.91. The quantitative estimate of drug-likeness (QED) is 0.292. The lowest BCUT2D eigenvalue weighted by Crippen LogP contribution is -2.09. The Morgan fingerprint density at radius 3 is 2.78 bits per heavy atom. The fourth-order valence-corrected chi connectivity index (χ4v) is 1.15. The van der Waals surface area contributed by atoms with Gasteiger partial charge in [0.15, 0.2) is 0 Å². The maximum Gasteiger partial charge on any atom is 0.329 e. The van der Waals surface area contributed by atoms with Crippen LogP contribution in [-0.4, -0.2) is 35.2 Å². The molecule has 0 amide bonds. The van der Waals surface area contributed by atoms with Gasteiger partial charge >= 0.3 is 5.69 Å². The van der Waals surface area contributed by atoms with Crippen molar-refractivity contribution in [3.63, 3.8) is 0 Å². The molecular weight excluding hydrogens is 466 g/mol. The zero-order chi connectivity index (χ0) is 14.0. The lowest BCUT2D eigenvalue weighted by molar-refractivity contribution is -0.384. The van der Waals surface area contributed by atoms with Crippen molar-refractivity contribution in [2.75, 3.05) is 25.6 Å². The van der Waals surface area contributed by atoms with Crippen molar-refractivity contribution in [1.82, 2.24) is 9.97 Å². The summed E-state index contributed by atoms with van der Waals surface area (Å²) in [5.41, 5.74) is -0.108. The molecule has 0 fully saturated rings. The Morgan fingerprint density at radius 2 is 2.22 bits per heavy atom. The van der Waals surface area contributed by atoms with Crippen LogP contribution in [-0.2, 0) is 4.74 Å². The number of rotatable bonds is 6. The third-order valence-electron chi connectivity index (χ3n) is 1.90. The second kappa shape index (κ2) is 10.6. The van der Waals surface area contributed by atoms with E-state index < -0.39 is 4.92 Å². The minimum absolute atomic E-state index is 0.108. The summed E-state index contributed by atoms with van der Waals surface area (Å²) in [7, 11) is 1.61. The molecule has 9 heteroatoms. The highest BCUT2D eigenvalue weighted by Gasteiger charge is 2.15. The normalized spacial score (nSPS) is 9.33. The van der Waals surface area contributed by atoms with E-state index in [9.17, 15) is 10.1 Å². The van der Waals surface area contributed by atoms with Crippen LogP contribution in [0.1, 0.15) is 12.2 Å². The minimum Gasteiger partial charge on any atom is -0.385 e. The van der Waals surface area contributed by atoms with Gasteiger partial charge < -0.3 is 10.1 Å². The van der Waals surface area contributed by atoms with Gasteiger partial charge in [-0.25, -0.2) is 9.97 Å². The molecule has 0 saturated carbocycles. The molecule has 0 saturated heterocycles. The zero-order valence-electron chi connectivity index (χ0n) is 10.0. The number of aryl methyl sites for hydroxylation is 1. The zero-order valence-corrected chi connectivity index (χ0v) is 14.3. The number of anilines is 1. The van der Waals surface area contributed by atoms with Crippen LogP contribution in [0.25, 0.3) is 0 Å². The van der Waals surface area contributed by atoms with Crippen molar-refractivity contribution in [2.45, 2.75) is 13.3 Å². The fraction of sp³-hybridized carbons (Fsp3) is 0.556. The van der Waals surface area contributed by atoms with Crippen molar-refractivity contribution in [3.8, 4) is 0 Å². The van der Waals surface area contributed by atoms with Crippen molar-refractivity contribution < 1.29 is 9.66 Å². The SMILES string of the molecule is COCCCNc1nc(C)ncc1[N+](=O)[O-].II. The lowest BCUT2D eigenvalue weighted by atomic mass is 10.4. The van der Waals surface area contributed by atoms with Gasteiger partial charge in [0, 0.05) is 57.5 Å². The first kappa shape index (κ1) is 17.7. The van der Waals surface area contributed by atoms with Gasteiger partial charge in [0.25, 0.3) is 0 Å². The number of hydrogen-bond donors (Lipinski definition) is 1. The van der Waals surface area contributed by atoms with E-state index in [1.807, 2.05) is 0 Å². The Kier molecular flexibility index (Phi) is 10.4. The molecule has 18 heavy (non-hydrogen) atoms. The Balaban J connectivity index is 0.00000137. The summed E-state index contributed by atoms with van der Waals surface area (Å²) in [4.78, 5) is 18.0. The van der Waals surface area contributed by atoms with Gasteiger partial charge in [0.05, 0.1) is 4.92 Å². The summed E-state index contributed by atoms with van der Waals surface area (Å²) in [6.07, 6.45) is 1.97. The summed E-state index contributed by atoms with van der Waals surface area (Å²) < 4.78 is 4.87. The highest BCUT2D eigenvalue weighted by Crippen LogP contribution is 2.19. The largest absolute Gasteiger partial charge is 0.385 e. The molecule has 0 aliphatic carbocycles. The van der Waals surface area contributed by atoms with Crippen LogP contribution in [0.5, 0.6) is 0 Å². The molecule has 0 radical (unpaired) electrons. The van der Waals surface area contributed by atoms with E-state index in [2.05, 4.69) is 52.5 Å². The van der Waals surface area contributed by atoms with Crippen LogP contribution in [0.3, 0.4) is 0 Å². The van der Waals surface area contributed by atoms with E-state index in [4.69, 9.17) is 4.74 Å². The standard InChI is InChI=1S/C9H14N4O3.I2/c1-7-11-6-8(13(14)15)9(12-7)10-4-3-5-16-2;1-2/h6H,3-5H2,1-2H3,(H,10,11,12);. The van der Waals surface area contributed by atoms with Gasteiger partial charge in [-0.3, -0.25) is 10.1 Å². The summed E-state index contributed by atoms with van der Waals surface area (Å²) in [5, 5.41) is 13.6. The van der Waals surface area contributed by atoms with Crippen LogP contribution >= 0.6 is 37.2 Å². The molecule has 0 aromatic carbocycles. The third-order valence-corrected chi connectivity index (χ3v) is 1.90. The monoisotopic (exact) mass is 480 g/mol. The molecule has 0 aliphatic heterocycles. The van der Waals surface area contributed by atoms with Crippen LogP contribution in [0.15, 0.2) is 6.20 Å². The Bertz CT molecular complexity index is 379. The molecule has 1 aromatic heterocycles. The molecule has 1 rings (SSSR count). The number of methoxy groups -OCH3 is 1. The number of nitrogens with zero attached hydrogens (tertiary/aromatic N) is 3. The number of hydrogen-bond acceptors (Lipinski definition) is 6. The number of nitrogens with one attached hydrogen (secondary N) is 1. The minimum atomic E-state index is -0.502. The molecule has 0 aliphatic rings. The van der Waals surface area contributed by atoms with Gasteiger partial charge in [-0.05, 0) is 13.3 Å². The molecule has 0 bridgehead atoms. The number of ether oxygens (including phenoxy) is 1. The summed E-state index contributed by atoms with van der Waals surface area (Å²) in [6.45, 7) is 2.86. The second-order valence-electron chi connectivity index (χ2n) is 3.18. The van der Waals surface area contributed by atoms with Crippen LogP contribution in [0.4, 0.5) is 11.5 Å². The van der Waals surface area contributed by atoms with Gasteiger partial charge in [-0.2, -0.15) is 0 Å². The molecule has 1 aromatic rings. The summed E-state index contributed by atoms with van der Waals surface area (Å²) in [6, 6.07) is 0. The highest BCUT2D eigenvalue weighted by molar-refractivity contribution is 15.0. The molecule has 1 N–H and O–H groups in total. The maximum atomic E-state index is 10.7. The first-order valence-corrected chi connectivity index (χ1v) is 11.3. The summed E-state index contributed by atoms with van der Waals surface area (Å²) in [5.74, 6) is 0.758. The number of aromatic nitrogens is 2. The van der Waals surface area contributed by atoms with Crippen molar-refractivity contribution in [2.24, 2.45) is 0 Å². The van der Waals surface area contributed by atoms with Crippen molar-refractivity contribution in [3.05, 3.63) is 22.1 Å². The molecule has 102 valence electrons. The van der Waals surface area contributed by atoms with Crippen LogP contribution < -0.4 is 5.32 Å². The molecule has 0 atom stereocenters. The Hall–Kier alpha value is -0.300. The Morgan fingerprint density at radius 1 is 1.56 bits per heavy atom. The molecular formula is C9H14I2N4O3. The van der Waals surface area contributed by atoms with Crippen molar-refractivity contribution >= 4 is 48.7 Å². The lowest BCUT2D eigenvalue weighted by Gasteiger charge is -2.05. The molecule has 0 spiro atoms. The first-order valence-electron chi connectivity index (χ1n) is 5.00. The second-order valence-corrected chi connectivity index (χ2v) is 3.18. The number of halogens is 2. The van der Waals surface area contributed by atoms with Gasteiger partial charge in [0.1, 0.15) is 12.0 Å². The van der Waals surface area contributed by atoms with E-state index in [1.54, 1.807) is 14.0 Å². The van der Waals surface area contributed by atoms with E-state index in [0.29, 0.717) is 19.0 Å². The maximum absolute atomic E-state index is 10.7. The first-order chi connectivity index (χ1) is 8.65. The number of nitro groups is 1. The molecule has 7 nitrogen and oxygen atoms in total. The van der Waals surface area contributed by atoms with Gasteiger partial charge in [0.2, 0.25) is 5.82 Å². The van der Waals surface area contributed by atoms with E-state index in [1.165, 1.54) is 6.20 Å². The predicted molar refractivity (Wildman–Crippen MR) is 86.4 cm³/mol. The van der Waals surface area contributed by atoms with Crippen LogP contribution in [0.2, 0.25) is 0 Å². The molecule has 0 unspecified atom stereocenters. The smallest absolute Gasteiger partial charge is 0.329 e. The van der Waals surface area contributed by atoms with Crippen molar-refractivity contribution in [1.29, 1.82) is 0 Å². The average molecular weight is 480 g/mol. The average Bonchev–Trinajstić information content (AvgIpc) is 2.37. The Labute approximate surface area is 129 Å². The fourth-order valence-electron chi connectivity index (χ4n) is 1.15. The topological polar surface area (TPSA) is 90.2 Å². The highest BCUT2D eigenvalue weighted by atomic mass is 128. The van der Waals surface area contributed by atoms with E-state index in [0.717, 1.165) is 6.42 Å². The van der Waals surface area contributed by atoms with Gasteiger partial charge in [-0.15, -0.1) is 0 Å². The van der Waals surface area contributed by atoms with Crippen LogP contribution in [0, 0.1) is 17.0 Å². The molecule has 1 heterocycles.